The van der Waals surface area contributed by atoms with Crippen LogP contribution in [0.3, 0.4) is 0 Å². The molecule has 7 nitrogen and oxygen atoms in total. The van der Waals surface area contributed by atoms with Gasteiger partial charge in [-0.15, -0.1) is 0 Å². The van der Waals surface area contributed by atoms with E-state index in [1.807, 2.05) is 0 Å². The summed E-state index contributed by atoms with van der Waals surface area (Å²) in [6, 6.07) is 1.72. The quantitative estimate of drug-likeness (QED) is 0.862. The highest BCUT2D eigenvalue weighted by Gasteiger charge is 2.30. The molecule has 0 aliphatic carbocycles. The summed E-state index contributed by atoms with van der Waals surface area (Å²) < 4.78 is 5.02. The molecule has 0 spiro atoms. The Morgan fingerprint density at radius 2 is 1.84 bits per heavy atom. The van der Waals surface area contributed by atoms with Crippen molar-refractivity contribution in [2.24, 2.45) is 0 Å². The molecule has 0 radical (unpaired) electrons. The summed E-state index contributed by atoms with van der Waals surface area (Å²) in [5.74, 6) is -0.503. The highest BCUT2D eigenvalue weighted by molar-refractivity contribution is 5.97. The van der Waals surface area contributed by atoms with E-state index in [1.54, 1.807) is 53.1 Å². The summed E-state index contributed by atoms with van der Waals surface area (Å²) in [5.41, 5.74) is 1.19. The van der Waals surface area contributed by atoms with Gasteiger partial charge in [0, 0.05) is 6.20 Å². The first-order valence-electron chi connectivity index (χ1n) is 5.92. The molecule has 106 valence electrons. The summed E-state index contributed by atoms with van der Waals surface area (Å²) in [6.07, 6.45) is 2.46. The first-order chi connectivity index (χ1) is 8.60. The van der Waals surface area contributed by atoms with E-state index in [0.717, 1.165) is 0 Å². The highest BCUT2D eigenvalue weighted by atomic mass is 16.6. The number of aromatic nitrogens is 2. The normalized spacial score (nSPS) is 11.8. The zero-order valence-electron chi connectivity index (χ0n) is 11.9. The van der Waals surface area contributed by atoms with E-state index in [2.05, 4.69) is 15.8 Å². The maximum atomic E-state index is 12.0. The third-order valence-electron chi connectivity index (χ3n) is 2.08. The molecule has 1 aromatic heterocycles. The molecule has 2 amide bonds. The van der Waals surface area contributed by atoms with E-state index < -0.39 is 23.1 Å². The van der Waals surface area contributed by atoms with Gasteiger partial charge < -0.3 is 4.74 Å². The Balaban J connectivity index is 2.59. The molecule has 0 bridgehead atoms. The number of rotatable bonds is 3. The Morgan fingerprint density at radius 3 is 2.32 bits per heavy atom. The Bertz CT molecular complexity index is 446. The number of carbonyl (C=O) groups excluding carboxylic acids is 2. The molecule has 0 saturated heterocycles. The Morgan fingerprint density at radius 1 is 1.21 bits per heavy atom. The van der Waals surface area contributed by atoms with Gasteiger partial charge in [-0.3, -0.25) is 15.5 Å². The second-order valence-corrected chi connectivity index (χ2v) is 5.64. The molecule has 1 heterocycles. The number of amides is 2. The van der Waals surface area contributed by atoms with Gasteiger partial charge in [-0.2, -0.15) is 9.89 Å². The van der Waals surface area contributed by atoms with Crippen LogP contribution in [0.1, 0.15) is 34.6 Å². The van der Waals surface area contributed by atoms with E-state index in [9.17, 15) is 9.59 Å². The van der Waals surface area contributed by atoms with E-state index in [-0.39, 0.29) is 0 Å². The van der Waals surface area contributed by atoms with Gasteiger partial charge in [0.05, 0.1) is 6.20 Å². The first-order valence-corrected chi connectivity index (χ1v) is 5.92. The number of ether oxygens (including phenoxy) is 1. The van der Waals surface area contributed by atoms with Crippen molar-refractivity contribution in [2.45, 2.75) is 45.8 Å². The number of nitrogens with zero attached hydrogens (tertiary/aromatic N) is 2. The van der Waals surface area contributed by atoms with E-state index in [4.69, 9.17) is 4.74 Å². The van der Waals surface area contributed by atoms with Gasteiger partial charge in [-0.1, -0.05) is 0 Å². The van der Waals surface area contributed by atoms with Gasteiger partial charge >= 0.3 is 6.09 Å². The van der Waals surface area contributed by atoms with Crippen molar-refractivity contribution in [1.29, 1.82) is 0 Å². The Labute approximate surface area is 112 Å². The van der Waals surface area contributed by atoms with Gasteiger partial charge in [0.25, 0.3) is 5.91 Å². The lowest BCUT2D eigenvalue weighted by Crippen LogP contribution is -2.53. The molecule has 0 unspecified atom stereocenters. The van der Waals surface area contributed by atoms with Crippen LogP contribution in [-0.4, -0.2) is 33.0 Å². The largest absolute Gasteiger partial charge is 0.444 e. The highest BCUT2D eigenvalue weighted by Crippen LogP contribution is 2.08. The van der Waals surface area contributed by atoms with E-state index in [0.29, 0.717) is 0 Å². The summed E-state index contributed by atoms with van der Waals surface area (Å²) >= 11 is 0. The van der Waals surface area contributed by atoms with Gasteiger partial charge in [0.1, 0.15) is 11.1 Å². The lowest BCUT2D eigenvalue weighted by molar-refractivity contribution is -0.124. The number of nitrogens with one attached hydrogen (secondary N) is 2. The molecule has 1 aromatic rings. The molecule has 7 heteroatoms. The Hall–Kier alpha value is -2.05. The molecule has 0 aromatic carbocycles. The fourth-order valence-electron chi connectivity index (χ4n) is 1.22. The van der Waals surface area contributed by atoms with Crippen molar-refractivity contribution in [3.8, 4) is 0 Å². The van der Waals surface area contributed by atoms with Crippen LogP contribution >= 0.6 is 0 Å². The van der Waals surface area contributed by atoms with Crippen LogP contribution in [0.2, 0.25) is 0 Å². The van der Waals surface area contributed by atoms with Crippen molar-refractivity contribution >= 4 is 12.0 Å². The molecule has 0 saturated carbocycles. The molecule has 2 N–H and O–H groups in total. The molecule has 0 aliphatic rings. The third-order valence-corrected chi connectivity index (χ3v) is 2.08. The van der Waals surface area contributed by atoms with Crippen LogP contribution in [0.5, 0.6) is 0 Å². The van der Waals surface area contributed by atoms with Crippen molar-refractivity contribution < 1.29 is 14.3 Å². The smallest absolute Gasteiger partial charge is 0.414 e. The van der Waals surface area contributed by atoms with Crippen LogP contribution < -0.4 is 10.7 Å². The number of imide groups is 1. The second-order valence-electron chi connectivity index (χ2n) is 5.64. The Kier molecular flexibility index (Phi) is 4.18. The molecule has 0 atom stereocenters. The minimum atomic E-state index is -1.01. The fourth-order valence-corrected chi connectivity index (χ4v) is 1.22. The summed E-state index contributed by atoms with van der Waals surface area (Å²) in [4.78, 5) is 24.9. The van der Waals surface area contributed by atoms with Crippen LogP contribution in [0.4, 0.5) is 4.79 Å². The molecule has 0 aliphatic heterocycles. The molecule has 19 heavy (non-hydrogen) atoms. The van der Waals surface area contributed by atoms with Crippen molar-refractivity contribution in [3.63, 3.8) is 0 Å². The van der Waals surface area contributed by atoms with Gasteiger partial charge in [0.15, 0.2) is 0 Å². The molecule has 0 fully saturated rings. The lowest BCUT2D eigenvalue weighted by atomic mass is 10.1. The zero-order valence-corrected chi connectivity index (χ0v) is 11.9. The molecule has 1 rings (SSSR count). The van der Waals surface area contributed by atoms with Gasteiger partial charge in [-0.25, -0.2) is 4.79 Å². The first kappa shape index (κ1) is 15.0. The predicted molar refractivity (Wildman–Crippen MR) is 70.0 cm³/mol. The number of carbonyl (C=O) groups is 2. The third kappa shape index (κ3) is 4.99. The second kappa shape index (κ2) is 5.29. The number of alkyl carbamates (subject to hydrolysis) is 1. The lowest BCUT2D eigenvalue weighted by Gasteiger charge is -2.26. The number of hydrogen-bond acceptors (Lipinski definition) is 5. The molecular formula is C12H20N4O3. The predicted octanol–water partition coefficient (Wildman–Crippen LogP) is 1.26. The van der Waals surface area contributed by atoms with Crippen LogP contribution in [0, 0.1) is 0 Å². The SMILES string of the molecule is CC(C)(C)OC(=O)NC(=O)C(C)(C)Nn1cccn1. The minimum Gasteiger partial charge on any atom is -0.444 e. The summed E-state index contributed by atoms with van der Waals surface area (Å²) in [7, 11) is 0. The minimum absolute atomic E-state index is 0.503. The summed E-state index contributed by atoms with van der Waals surface area (Å²) in [6.45, 7) is 8.45. The maximum absolute atomic E-state index is 12.0. The van der Waals surface area contributed by atoms with Crippen molar-refractivity contribution in [3.05, 3.63) is 18.5 Å². The maximum Gasteiger partial charge on any atom is 0.414 e. The van der Waals surface area contributed by atoms with Crippen LogP contribution in [-0.2, 0) is 9.53 Å². The number of hydrogen-bond donors (Lipinski definition) is 2. The average Bonchev–Trinajstić information content (AvgIpc) is 2.66. The van der Waals surface area contributed by atoms with Crippen molar-refractivity contribution in [1.82, 2.24) is 15.2 Å². The standard InChI is InChI=1S/C12H20N4O3/c1-11(2,3)19-10(18)14-9(17)12(4,5)15-16-8-6-7-13-16/h6-8,15H,1-5H3,(H,14,17,18). The van der Waals surface area contributed by atoms with Crippen molar-refractivity contribution in [2.75, 3.05) is 5.43 Å². The van der Waals surface area contributed by atoms with Gasteiger partial charge in [-0.05, 0) is 40.7 Å². The monoisotopic (exact) mass is 268 g/mol. The van der Waals surface area contributed by atoms with Crippen LogP contribution in [0.25, 0.3) is 0 Å². The fraction of sp³-hybridized carbons (Fsp3) is 0.583. The zero-order chi connectivity index (χ0) is 14.7. The van der Waals surface area contributed by atoms with E-state index >= 15 is 0 Å². The average molecular weight is 268 g/mol. The van der Waals surface area contributed by atoms with Gasteiger partial charge in [0.2, 0.25) is 0 Å². The molecular weight excluding hydrogens is 248 g/mol. The topological polar surface area (TPSA) is 85.2 Å². The summed E-state index contributed by atoms with van der Waals surface area (Å²) in [5, 5.41) is 6.12. The van der Waals surface area contributed by atoms with Crippen LogP contribution in [0.15, 0.2) is 18.5 Å². The van der Waals surface area contributed by atoms with E-state index in [1.165, 1.54) is 4.79 Å².